The average Bonchev–Trinajstić information content (AvgIpc) is 3.19. The number of carbonyl (C=O) groups is 1. The molecule has 24 heavy (non-hydrogen) atoms. The molecule has 0 unspecified atom stereocenters. The fourth-order valence-electron chi connectivity index (χ4n) is 2.81. The van der Waals surface area contributed by atoms with E-state index >= 15 is 0 Å². The zero-order valence-corrected chi connectivity index (χ0v) is 14.3. The number of nitrogens with zero attached hydrogens (tertiary/aromatic N) is 3. The summed E-state index contributed by atoms with van der Waals surface area (Å²) in [6.45, 7) is 1.70. The van der Waals surface area contributed by atoms with Crippen LogP contribution < -0.4 is 9.62 Å². The number of fused-ring (bicyclic) bond motifs is 1. The number of sulfonamides is 1. The number of hydrogen-bond donors (Lipinski definition) is 1. The van der Waals surface area contributed by atoms with Gasteiger partial charge in [-0.3, -0.25) is 13.8 Å². The first kappa shape index (κ1) is 16.5. The third-order valence-corrected chi connectivity index (χ3v) is 5.19. The molecule has 7 nitrogen and oxygen atoms in total. The fraction of sp³-hybridized carbons (Fsp3) is 0.375. The van der Waals surface area contributed by atoms with E-state index in [1.807, 2.05) is 23.0 Å². The van der Waals surface area contributed by atoms with E-state index in [0.717, 1.165) is 18.5 Å². The average molecular weight is 348 g/mol. The molecule has 0 atom stereocenters. The van der Waals surface area contributed by atoms with Gasteiger partial charge in [0, 0.05) is 37.6 Å². The topological polar surface area (TPSA) is 84.3 Å². The molecular formula is C16H20N4O3S. The highest BCUT2D eigenvalue weighted by Gasteiger charge is 2.26. The van der Waals surface area contributed by atoms with Crippen LogP contribution in [0.4, 0.5) is 5.69 Å². The van der Waals surface area contributed by atoms with Crippen molar-refractivity contribution in [1.82, 2.24) is 15.1 Å². The van der Waals surface area contributed by atoms with Crippen molar-refractivity contribution in [3.63, 3.8) is 0 Å². The fourth-order valence-corrected chi connectivity index (χ4v) is 3.76. The second-order valence-electron chi connectivity index (χ2n) is 5.81. The van der Waals surface area contributed by atoms with Gasteiger partial charge in [-0.2, -0.15) is 5.10 Å². The lowest BCUT2D eigenvalue weighted by atomic mass is 10.1. The first-order chi connectivity index (χ1) is 11.4. The first-order valence-electron chi connectivity index (χ1n) is 7.81. The van der Waals surface area contributed by atoms with Crippen molar-refractivity contribution < 1.29 is 13.2 Å². The number of carbonyl (C=O) groups excluding carboxylic acids is 1. The maximum atomic E-state index is 12.3. The van der Waals surface area contributed by atoms with E-state index in [1.54, 1.807) is 18.3 Å². The Hall–Kier alpha value is -2.35. The lowest BCUT2D eigenvalue weighted by molar-refractivity contribution is 0.0952. The monoisotopic (exact) mass is 348 g/mol. The van der Waals surface area contributed by atoms with E-state index in [0.29, 0.717) is 30.8 Å². The largest absolute Gasteiger partial charge is 0.352 e. The summed E-state index contributed by atoms with van der Waals surface area (Å²) in [5.74, 6) is -0.196. The summed E-state index contributed by atoms with van der Waals surface area (Å²) >= 11 is 0. The summed E-state index contributed by atoms with van der Waals surface area (Å²) in [6.07, 6.45) is 6.23. The number of benzene rings is 1. The van der Waals surface area contributed by atoms with E-state index in [9.17, 15) is 13.2 Å². The SMILES string of the molecule is CS(=O)(=O)N1CCc2ccc(C(=O)NCCCn3cccn3)cc21. The molecular weight excluding hydrogens is 328 g/mol. The van der Waals surface area contributed by atoms with Crippen LogP contribution in [0.3, 0.4) is 0 Å². The minimum atomic E-state index is -3.31. The minimum absolute atomic E-state index is 0.196. The zero-order valence-electron chi connectivity index (χ0n) is 13.5. The van der Waals surface area contributed by atoms with Crippen LogP contribution in [0.25, 0.3) is 0 Å². The molecule has 0 spiro atoms. The maximum Gasteiger partial charge on any atom is 0.251 e. The van der Waals surface area contributed by atoms with E-state index < -0.39 is 10.0 Å². The molecule has 1 aliphatic rings. The zero-order chi connectivity index (χ0) is 17.2. The van der Waals surface area contributed by atoms with Crippen molar-refractivity contribution in [1.29, 1.82) is 0 Å². The van der Waals surface area contributed by atoms with Crippen LogP contribution in [0, 0.1) is 0 Å². The number of nitrogens with one attached hydrogen (secondary N) is 1. The molecule has 3 rings (SSSR count). The molecule has 128 valence electrons. The number of amides is 1. The van der Waals surface area contributed by atoms with Gasteiger partial charge < -0.3 is 5.32 Å². The van der Waals surface area contributed by atoms with E-state index in [2.05, 4.69) is 10.4 Å². The molecule has 0 fully saturated rings. The Bertz CT molecular complexity index is 831. The molecule has 0 saturated heterocycles. The highest BCUT2D eigenvalue weighted by Crippen LogP contribution is 2.30. The molecule has 2 heterocycles. The second kappa shape index (κ2) is 6.64. The Morgan fingerprint density at radius 3 is 2.92 bits per heavy atom. The van der Waals surface area contributed by atoms with E-state index in [4.69, 9.17) is 0 Å². The summed E-state index contributed by atoms with van der Waals surface area (Å²) in [6, 6.07) is 7.09. The van der Waals surface area contributed by atoms with Gasteiger partial charge in [0.05, 0.1) is 11.9 Å². The van der Waals surface area contributed by atoms with Crippen LogP contribution >= 0.6 is 0 Å². The van der Waals surface area contributed by atoms with Gasteiger partial charge in [-0.05, 0) is 36.6 Å². The van der Waals surface area contributed by atoms with Gasteiger partial charge in [-0.15, -0.1) is 0 Å². The third kappa shape index (κ3) is 3.59. The smallest absolute Gasteiger partial charge is 0.251 e. The standard InChI is InChI=1S/C16H20N4O3S/c1-24(22,23)20-11-6-13-4-5-14(12-15(13)20)16(21)17-7-2-9-19-10-3-8-18-19/h3-5,8,10,12H,2,6-7,9,11H2,1H3,(H,17,21). The van der Waals surface area contributed by atoms with Gasteiger partial charge in [0.1, 0.15) is 0 Å². The Labute approximate surface area is 141 Å². The highest BCUT2D eigenvalue weighted by molar-refractivity contribution is 7.92. The number of rotatable bonds is 6. The van der Waals surface area contributed by atoms with Gasteiger partial charge in [-0.25, -0.2) is 8.42 Å². The predicted octanol–water partition coefficient (Wildman–Crippen LogP) is 1.03. The van der Waals surface area contributed by atoms with Crippen LogP contribution in [-0.2, 0) is 23.0 Å². The lowest BCUT2D eigenvalue weighted by Gasteiger charge is -2.17. The van der Waals surface area contributed by atoms with E-state index in [-0.39, 0.29) is 5.91 Å². The van der Waals surface area contributed by atoms with Crippen LogP contribution in [0.2, 0.25) is 0 Å². The van der Waals surface area contributed by atoms with Crippen LogP contribution in [0.5, 0.6) is 0 Å². The molecule has 1 amide bonds. The molecule has 2 aromatic rings. The Balaban J connectivity index is 1.62. The van der Waals surface area contributed by atoms with Crippen molar-refractivity contribution >= 4 is 21.6 Å². The molecule has 0 radical (unpaired) electrons. The summed E-state index contributed by atoms with van der Waals surface area (Å²) < 4.78 is 26.8. The number of aryl methyl sites for hydroxylation is 1. The van der Waals surface area contributed by atoms with Gasteiger partial charge in [0.25, 0.3) is 5.91 Å². The lowest BCUT2D eigenvalue weighted by Crippen LogP contribution is -2.28. The molecule has 1 aromatic carbocycles. The summed E-state index contributed by atoms with van der Waals surface area (Å²) in [4.78, 5) is 12.3. The minimum Gasteiger partial charge on any atom is -0.352 e. The number of aromatic nitrogens is 2. The third-order valence-electron chi connectivity index (χ3n) is 4.01. The quantitative estimate of drug-likeness (QED) is 0.790. The van der Waals surface area contributed by atoms with Crippen molar-refractivity contribution in [2.45, 2.75) is 19.4 Å². The van der Waals surface area contributed by atoms with Gasteiger partial charge in [0.2, 0.25) is 10.0 Å². The normalized spacial score (nSPS) is 13.8. The number of hydrogen-bond acceptors (Lipinski definition) is 4. The molecule has 1 N–H and O–H groups in total. The summed E-state index contributed by atoms with van der Waals surface area (Å²) in [5, 5.41) is 6.96. The van der Waals surface area contributed by atoms with Gasteiger partial charge in [0.15, 0.2) is 0 Å². The maximum absolute atomic E-state index is 12.3. The molecule has 1 aliphatic heterocycles. The molecule has 0 aliphatic carbocycles. The van der Waals surface area contributed by atoms with Crippen LogP contribution in [0.15, 0.2) is 36.7 Å². The van der Waals surface area contributed by atoms with Crippen molar-refractivity contribution in [2.75, 3.05) is 23.7 Å². The number of anilines is 1. The molecule has 0 bridgehead atoms. The van der Waals surface area contributed by atoms with Crippen LogP contribution in [-0.4, -0.2) is 43.5 Å². The van der Waals surface area contributed by atoms with Crippen molar-refractivity contribution in [2.24, 2.45) is 0 Å². The van der Waals surface area contributed by atoms with E-state index in [1.165, 1.54) is 10.6 Å². The molecule has 0 saturated carbocycles. The Kier molecular flexibility index (Phi) is 4.57. The predicted molar refractivity (Wildman–Crippen MR) is 91.5 cm³/mol. The molecule has 8 heteroatoms. The summed E-state index contributed by atoms with van der Waals surface area (Å²) in [5.41, 5.74) is 2.04. The van der Waals surface area contributed by atoms with Gasteiger partial charge >= 0.3 is 0 Å². The van der Waals surface area contributed by atoms with Crippen molar-refractivity contribution in [3.05, 3.63) is 47.8 Å². The second-order valence-corrected chi connectivity index (χ2v) is 7.71. The highest BCUT2D eigenvalue weighted by atomic mass is 32.2. The summed E-state index contributed by atoms with van der Waals surface area (Å²) in [7, 11) is -3.31. The van der Waals surface area contributed by atoms with Gasteiger partial charge in [-0.1, -0.05) is 6.07 Å². The van der Waals surface area contributed by atoms with Crippen LogP contribution in [0.1, 0.15) is 22.3 Å². The Morgan fingerprint density at radius 1 is 1.38 bits per heavy atom. The first-order valence-corrected chi connectivity index (χ1v) is 9.66. The Morgan fingerprint density at radius 2 is 2.21 bits per heavy atom. The molecule has 1 aromatic heterocycles. The van der Waals surface area contributed by atoms with Crippen molar-refractivity contribution in [3.8, 4) is 0 Å².